The van der Waals surface area contributed by atoms with Crippen LogP contribution in [0.15, 0.2) is 42.5 Å². The van der Waals surface area contributed by atoms with Crippen LogP contribution >= 0.6 is 0 Å². The number of carbonyl (C=O) groups excluding carboxylic acids is 2. The summed E-state index contributed by atoms with van der Waals surface area (Å²) in [7, 11) is 2.13. The number of fused-ring (bicyclic) bond motifs is 1. The first-order chi connectivity index (χ1) is 13.1. The molecule has 0 aliphatic carbocycles. The van der Waals surface area contributed by atoms with Crippen molar-refractivity contribution < 1.29 is 9.59 Å². The molecule has 0 saturated heterocycles. The molecule has 4 nitrogen and oxygen atoms in total. The van der Waals surface area contributed by atoms with Gasteiger partial charge in [-0.05, 0) is 55.4 Å². The van der Waals surface area contributed by atoms with Gasteiger partial charge in [-0.25, -0.2) is 0 Å². The van der Waals surface area contributed by atoms with Crippen LogP contribution in [0.1, 0.15) is 74.4 Å². The van der Waals surface area contributed by atoms with Gasteiger partial charge in [0.25, 0.3) is 11.7 Å². The topological polar surface area (TPSA) is 49.4 Å². The van der Waals surface area contributed by atoms with Gasteiger partial charge in [0.05, 0.1) is 0 Å². The normalized spacial score (nSPS) is 18.0. The maximum atomic E-state index is 12.6. The molecule has 2 aromatic rings. The quantitative estimate of drug-likeness (QED) is 0.576. The maximum Gasteiger partial charge on any atom is 0.296 e. The Balaban J connectivity index is 1.99. The van der Waals surface area contributed by atoms with Gasteiger partial charge in [0.2, 0.25) is 0 Å². The summed E-state index contributed by atoms with van der Waals surface area (Å²) < 4.78 is 0. The third-order valence-electron chi connectivity index (χ3n) is 5.92. The highest BCUT2D eigenvalue weighted by atomic mass is 16.2. The van der Waals surface area contributed by atoms with Crippen LogP contribution in [-0.2, 0) is 4.79 Å². The van der Waals surface area contributed by atoms with E-state index in [4.69, 9.17) is 0 Å². The van der Waals surface area contributed by atoms with E-state index in [1.165, 1.54) is 11.3 Å². The molecule has 148 valence electrons. The Morgan fingerprint density at radius 3 is 2.39 bits per heavy atom. The summed E-state index contributed by atoms with van der Waals surface area (Å²) in [5.41, 5.74) is 4.69. The van der Waals surface area contributed by atoms with Gasteiger partial charge in [0.1, 0.15) is 0 Å². The third-order valence-corrected chi connectivity index (χ3v) is 5.92. The number of carbonyl (C=O) groups is 2. The minimum Gasteiger partial charge on any atom is -0.369 e. The first-order valence-electron chi connectivity index (χ1n) is 9.94. The van der Waals surface area contributed by atoms with E-state index in [1.54, 1.807) is 24.3 Å². The Kier molecular flexibility index (Phi) is 5.33. The Bertz CT molecular complexity index is 900. The SMILES string of the molecule is CC(C)c1cc2c(cc1NC(=O)C(=O)c1ccccc1)C(C)CC(C)(C)N2C. The molecule has 0 bridgehead atoms. The molecule has 2 aromatic carbocycles. The molecule has 4 heteroatoms. The highest BCUT2D eigenvalue weighted by Crippen LogP contribution is 2.45. The average molecular weight is 379 g/mol. The second kappa shape index (κ2) is 7.42. The highest BCUT2D eigenvalue weighted by molar-refractivity contribution is 6.46. The van der Waals surface area contributed by atoms with E-state index in [9.17, 15) is 9.59 Å². The van der Waals surface area contributed by atoms with Crippen molar-refractivity contribution in [1.82, 2.24) is 0 Å². The first-order valence-corrected chi connectivity index (χ1v) is 9.94. The molecule has 0 aromatic heterocycles. The molecule has 1 unspecified atom stereocenters. The van der Waals surface area contributed by atoms with E-state index in [0.29, 0.717) is 11.5 Å². The van der Waals surface area contributed by atoms with Crippen molar-refractivity contribution in [2.24, 2.45) is 0 Å². The van der Waals surface area contributed by atoms with Crippen LogP contribution in [0.5, 0.6) is 0 Å². The molecule has 1 N–H and O–H groups in total. The first kappa shape index (κ1) is 20.1. The molecule has 1 aliphatic rings. The number of anilines is 2. The molecule has 1 atom stereocenters. The molecule has 0 saturated carbocycles. The van der Waals surface area contributed by atoms with Crippen molar-refractivity contribution in [3.8, 4) is 0 Å². The average Bonchev–Trinajstić information content (AvgIpc) is 2.65. The van der Waals surface area contributed by atoms with E-state index in [1.807, 2.05) is 6.07 Å². The van der Waals surface area contributed by atoms with Gasteiger partial charge in [0.15, 0.2) is 0 Å². The zero-order chi connectivity index (χ0) is 20.6. The van der Waals surface area contributed by atoms with Crippen LogP contribution in [0.4, 0.5) is 11.4 Å². The second-order valence-electron chi connectivity index (χ2n) is 8.78. The fourth-order valence-electron chi connectivity index (χ4n) is 4.11. The molecular formula is C24H30N2O2. The second-order valence-corrected chi connectivity index (χ2v) is 8.78. The summed E-state index contributed by atoms with van der Waals surface area (Å²) in [6.07, 6.45) is 1.04. The van der Waals surface area contributed by atoms with E-state index >= 15 is 0 Å². The molecular weight excluding hydrogens is 348 g/mol. The third kappa shape index (κ3) is 3.68. The van der Waals surface area contributed by atoms with Crippen LogP contribution in [0.25, 0.3) is 0 Å². The van der Waals surface area contributed by atoms with Gasteiger partial charge >= 0.3 is 0 Å². The van der Waals surface area contributed by atoms with Gasteiger partial charge in [-0.1, -0.05) is 51.1 Å². The lowest BCUT2D eigenvalue weighted by atomic mass is 9.79. The maximum absolute atomic E-state index is 12.6. The van der Waals surface area contributed by atoms with Crippen molar-refractivity contribution in [2.45, 2.75) is 58.4 Å². The van der Waals surface area contributed by atoms with Crippen molar-refractivity contribution in [1.29, 1.82) is 0 Å². The predicted molar refractivity (Wildman–Crippen MR) is 115 cm³/mol. The number of benzene rings is 2. The van der Waals surface area contributed by atoms with Gasteiger partial charge < -0.3 is 10.2 Å². The minimum absolute atomic E-state index is 0.0781. The van der Waals surface area contributed by atoms with Crippen LogP contribution in [0, 0.1) is 0 Å². The van der Waals surface area contributed by atoms with Gasteiger partial charge in [0, 0.05) is 29.5 Å². The summed E-state index contributed by atoms with van der Waals surface area (Å²) >= 11 is 0. The molecule has 0 radical (unpaired) electrons. The fraction of sp³-hybridized carbons (Fsp3) is 0.417. The number of hydrogen-bond donors (Lipinski definition) is 1. The van der Waals surface area contributed by atoms with Crippen LogP contribution < -0.4 is 10.2 Å². The zero-order valence-corrected chi connectivity index (χ0v) is 17.7. The Morgan fingerprint density at radius 2 is 1.79 bits per heavy atom. The summed E-state index contributed by atoms with van der Waals surface area (Å²) in [5, 5.41) is 2.89. The number of rotatable bonds is 4. The number of ketones is 1. The number of nitrogens with one attached hydrogen (secondary N) is 1. The van der Waals surface area contributed by atoms with Gasteiger partial charge in [-0.15, -0.1) is 0 Å². The van der Waals surface area contributed by atoms with Crippen molar-refractivity contribution in [3.63, 3.8) is 0 Å². The smallest absolute Gasteiger partial charge is 0.296 e. The lowest BCUT2D eigenvalue weighted by Crippen LogP contribution is -2.45. The lowest BCUT2D eigenvalue weighted by molar-refractivity contribution is -0.112. The largest absolute Gasteiger partial charge is 0.369 e. The molecule has 3 rings (SSSR count). The van der Waals surface area contributed by atoms with Crippen molar-refractivity contribution in [2.75, 3.05) is 17.3 Å². The van der Waals surface area contributed by atoms with E-state index in [-0.39, 0.29) is 11.5 Å². The number of hydrogen-bond acceptors (Lipinski definition) is 3. The molecule has 1 amide bonds. The molecule has 1 aliphatic heterocycles. The van der Waals surface area contributed by atoms with Crippen LogP contribution in [-0.4, -0.2) is 24.3 Å². The zero-order valence-electron chi connectivity index (χ0n) is 17.7. The van der Waals surface area contributed by atoms with Crippen molar-refractivity contribution >= 4 is 23.1 Å². The van der Waals surface area contributed by atoms with E-state index in [0.717, 1.165) is 17.7 Å². The number of Topliss-reactive ketones (excluding diaryl/α,β-unsaturated/α-hetero) is 1. The summed E-state index contributed by atoms with van der Waals surface area (Å²) in [5.74, 6) is -0.506. The molecule has 28 heavy (non-hydrogen) atoms. The standard InChI is InChI=1S/C24H30N2O2/c1-15(2)18-13-21-19(16(3)14-24(4,5)26(21)6)12-20(18)25-23(28)22(27)17-10-8-7-9-11-17/h7-13,15-16H,14H2,1-6H3,(H,25,28). The van der Waals surface area contributed by atoms with E-state index < -0.39 is 11.7 Å². The Hall–Kier alpha value is -2.62. The fourth-order valence-corrected chi connectivity index (χ4v) is 4.11. The summed E-state index contributed by atoms with van der Waals surface area (Å²) in [6.45, 7) is 11.0. The molecule has 0 spiro atoms. The molecule has 0 fully saturated rings. The van der Waals surface area contributed by atoms with Gasteiger partial charge in [-0.2, -0.15) is 0 Å². The van der Waals surface area contributed by atoms with Crippen LogP contribution in [0.2, 0.25) is 0 Å². The number of nitrogens with zero attached hydrogens (tertiary/aromatic N) is 1. The van der Waals surface area contributed by atoms with Crippen molar-refractivity contribution in [3.05, 3.63) is 59.2 Å². The van der Waals surface area contributed by atoms with Gasteiger partial charge in [-0.3, -0.25) is 9.59 Å². The minimum atomic E-state index is -0.592. The molecule has 1 heterocycles. The summed E-state index contributed by atoms with van der Waals surface area (Å²) in [4.78, 5) is 27.5. The Labute approximate surface area is 167 Å². The Morgan fingerprint density at radius 1 is 1.14 bits per heavy atom. The number of amides is 1. The predicted octanol–water partition coefficient (Wildman–Crippen LogP) is 5.35. The van der Waals surface area contributed by atoms with Crippen LogP contribution in [0.3, 0.4) is 0 Å². The van der Waals surface area contributed by atoms with E-state index in [2.05, 4.69) is 64.0 Å². The highest BCUT2D eigenvalue weighted by Gasteiger charge is 2.35. The lowest BCUT2D eigenvalue weighted by Gasteiger charge is -2.46. The monoisotopic (exact) mass is 378 g/mol. The summed E-state index contributed by atoms with van der Waals surface area (Å²) in [6, 6.07) is 12.9.